The van der Waals surface area contributed by atoms with Gasteiger partial charge in [0, 0.05) is 18.8 Å². The number of hydrogen-bond acceptors (Lipinski definition) is 6. The molecule has 0 saturated heterocycles. The lowest BCUT2D eigenvalue weighted by atomic mass is 10.1. The summed E-state index contributed by atoms with van der Waals surface area (Å²) in [7, 11) is 0. The predicted octanol–water partition coefficient (Wildman–Crippen LogP) is 2.57. The quantitative estimate of drug-likeness (QED) is 0.365. The fraction of sp³-hybridized carbons (Fsp3) is 0.625. The van der Waals surface area contributed by atoms with Crippen molar-refractivity contribution in [2.75, 3.05) is 18.4 Å². The second-order valence-corrected chi connectivity index (χ2v) is 5.70. The summed E-state index contributed by atoms with van der Waals surface area (Å²) in [6.07, 6.45) is 11.3. The molecule has 0 aromatic carbocycles. The average Bonchev–Trinajstić information content (AvgIpc) is 2.57. The average molecular weight is 355 g/mol. The van der Waals surface area contributed by atoms with Gasteiger partial charge in [-0.15, -0.1) is 12.4 Å². The molecule has 0 unspecified atom stereocenters. The summed E-state index contributed by atoms with van der Waals surface area (Å²) in [6, 6.07) is 3.36. The van der Waals surface area contributed by atoms with E-state index in [9.17, 15) is 5.21 Å². The standard InChI is InChI=1S/C16H26N6O.ClH/c17-11-7-5-3-1-2-4-6-8-12-19-16-20-15-14(22(23)21-16)10-9-13-18-15;/h9-10,13H,1-8,11-12,17H2,(H,18,19,20,21);1H. The topological polar surface area (TPSA) is 104 Å². The summed E-state index contributed by atoms with van der Waals surface area (Å²) in [5.74, 6) is 0.341. The Morgan fingerprint density at radius 2 is 1.71 bits per heavy atom. The van der Waals surface area contributed by atoms with Crippen LogP contribution in [0.15, 0.2) is 18.3 Å². The molecule has 7 nitrogen and oxygen atoms in total. The van der Waals surface area contributed by atoms with Gasteiger partial charge in [0.15, 0.2) is 0 Å². The molecule has 2 aromatic heterocycles. The zero-order valence-electron chi connectivity index (χ0n) is 14.0. The van der Waals surface area contributed by atoms with E-state index in [0.29, 0.717) is 22.0 Å². The van der Waals surface area contributed by atoms with Gasteiger partial charge in [0.05, 0.1) is 5.10 Å². The lowest BCUT2D eigenvalue weighted by molar-refractivity contribution is -0.641. The highest BCUT2D eigenvalue weighted by atomic mass is 35.5. The maximum absolute atomic E-state index is 11.8. The Bertz CT molecular complexity index is 598. The first-order valence-corrected chi connectivity index (χ1v) is 8.48. The van der Waals surface area contributed by atoms with Crippen LogP contribution in [0.5, 0.6) is 0 Å². The van der Waals surface area contributed by atoms with E-state index in [1.165, 1.54) is 38.5 Å². The van der Waals surface area contributed by atoms with Crippen LogP contribution < -0.4 is 15.9 Å². The molecule has 0 saturated carbocycles. The molecule has 2 heterocycles. The Kier molecular flexibility index (Phi) is 9.95. The van der Waals surface area contributed by atoms with E-state index in [4.69, 9.17) is 5.73 Å². The van der Waals surface area contributed by atoms with Crippen molar-refractivity contribution >= 4 is 29.5 Å². The minimum absolute atomic E-state index is 0. The van der Waals surface area contributed by atoms with Gasteiger partial charge in [-0.25, -0.2) is 4.98 Å². The molecular formula is C16H27ClN6O. The van der Waals surface area contributed by atoms with Crippen molar-refractivity contribution in [2.45, 2.75) is 51.4 Å². The maximum Gasteiger partial charge on any atom is 0.292 e. The molecule has 0 bridgehead atoms. The number of hydrogen-bond donors (Lipinski definition) is 2. The van der Waals surface area contributed by atoms with Crippen LogP contribution in [-0.2, 0) is 0 Å². The predicted molar refractivity (Wildman–Crippen MR) is 98.0 cm³/mol. The van der Waals surface area contributed by atoms with Crippen molar-refractivity contribution in [1.82, 2.24) is 15.1 Å². The van der Waals surface area contributed by atoms with E-state index in [2.05, 4.69) is 20.4 Å². The molecule has 134 valence electrons. The van der Waals surface area contributed by atoms with E-state index in [1.807, 2.05) is 0 Å². The SMILES string of the molecule is Cl.NCCCCCCCCCCNc1nc2ncccc2[n+]([O-])n1. The molecule has 0 aliphatic rings. The molecule has 0 atom stereocenters. The van der Waals surface area contributed by atoms with E-state index >= 15 is 0 Å². The van der Waals surface area contributed by atoms with Gasteiger partial charge in [0.25, 0.3) is 11.5 Å². The van der Waals surface area contributed by atoms with E-state index in [-0.39, 0.29) is 12.4 Å². The first-order valence-electron chi connectivity index (χ1n) is 8.48. The highest BCUT2D eigenvalue weighted by Gasteiger charge is 2.10. The lowest BCUT2D eigenvalue weighted by Gasteiger charge is -2.05. The number of anilines is 1. The fourth-order valence-electron chi connectivity index (χ4n) is 2.49. The highest BCUT2D eigenvalue weighted by Crippen LogP contribution is 2.09. The van der Waals surface area contributed by atoms with Crippen LogP contribution in [0, 0.1) is 5.21 Å². The third-order valence-electron chi connectivity index (χ3n) is 3.78. The molecule has 24 heavy (non-hydrogen) atoms. The van der Waals surface area contributed by atoms with E-state index < -0.39 is 0 Å². The Morgan fingerprint density at radius 1 is 1.04 bits per heavy atom. The third-order valence-corrected chi connectivity index (χ3v) is 3.78. The van der Waals surface area contributed by atoms with Crippen LogP contribution >= 0.6 is 12.4 Å². The zero-order valence-corrected chi connectivity index (χ0v) is 14.8. The molecular weight excluding hydrogens is 328 g/mol. The van der Waals surface area contributed by atoms with Crippen molar-refractivity contribution in [3.63, 3.8) is 0 Å². The molecule has 2 aromatic rings. The van der Waals surface area contributed by atoms with Gasteiger partial charge in [-0.3, -0.25) is 0 Å². The van der Waals surface area contributed by atoms with Gasteiger partial charge in [-0.2, -0.15) is 4.98 Å². The van der Waals surface area contributed by atoms with Crippen LogP contribution in [0.3, 0.4) is 0 Å². The summed E-state index contributed by atoms with van der Waals surface area (Å²) < 4.78 is 0. The van der Waals surface area contributed by atoms with Gasteiger partial charge in [0.1, 0.15) is 0 Å². The van der Waals surface area contributed by atoms with E-state index in [0.717, 1.165) is 25.9 Å². The van der Waals surface area contributed by atoms with Crippen LogP contribution in [0.2, 0.25) is 0 Å². The highest BCUT2D eigenvalue weighted by molar-refractivity contribution is 5.85. The number of unbranched alkanes of at least 4 members (excludes halogenated alkanes) is 7. The van der Waals surface area contributed by atoms with Crippen molar-refractivity contribution in [3.05, 3.63) is 23.5 Å². The second-order valence-electron chi connectivity index (χ2n) is 5.70. The summed E-state index contributed by atoms with van der Waals surface area (Å²) in [4.78, 5) is 8.90. The minimum Gasteiger partial charge on any atom is -0.594 e. The number of pyridine rings is 1. The van der Waals surface area contributed by atoms with Crippen LogP contribution in [0.4, 0.5) is 5.95 Å². The lowest BCUT2D eigenvalue weighted by Crippen LogP contribution is -2.33. The summed E-state index contributed by atoms with van der Waals surface area (Å²) in [5, 5.41) is 18.7. The fourth-order valence-corrected chi connectivity index (χ4v) is 2.49. The van der Waals surface area contributed by atoms with Gasteiger partial charge >= 0.3 is 0 Å². The normalized spacial score (nSPS) is 10.5. The number of nitrogens with zero attached hydrogens (tertiary/aromatic N) is 4. The second kappa shape index (κ2) is 11.8. The Labute approximate surface area is 149 Å². The number of nitrogens with one attached hydrogen (secondary N) is 1. The first-order chi connectivity index (χ1) is 11.3. The molecule has 0 aliphatic heterocycles. The van der Waals surface area contributed by atoms with Gasteiger partial charge in [-0.05, 0) is 30.3 Å². The molecule has 0 amide bonds. The van der Waals surface area contributed by atoms with Crippen molar-refractivity contribution in [2.24, 2.45) is 5.73 Å². The van der Waals surface area contributed by atoms with Gasteiger partial charge < -0.3 is 16.3 Å². The summed E-state index contributed by atoms with van der Waals surface area (Å²) in [6.45, 7) is 1.58. The molecule has 0 radical (unpaired) electrons. The smallest absolute Gasteiger partial charge is 0.292 e. The molecule has 0 fully saturated rings. The first kappa shape index (κ1) is 20.3. The van der Waals surface area contributed by atoms with Crippen molar-refractivity contribution in [1.29, 1.82) is 0 Å². The van der Waals surface area contributed by atoms with Crippen LogP contribution in [0.1, 0.15) is 51.4 Å². The Morgan fingerprint density at radius 3 is 2.42 bits per heavy atom. The number of nitrogens with two attached hydrogens (primary N) is 1. The number of rotatable bonds is 11. The number of fused-ring (bicyclic) bond motifs is 1. The number of aromatic nitrogens is 4. The van der Waals surface area contributed by atoms with Gasteiger partial charge in [0.2, 0.25) is 5.65 Å². The summed E-state index contributed by atoms with van der Waals surface area (Å²) >= 11 is 0. The van der Waals surface area contributed by atoms with Crippen LogP contribution in [-0.4, -0.2) is 28.2 Å². The maximum atomic E-state index is 11.8. The largest absolute Gasteiger partial charge is 0.594 e. The van der Waals surface area contributed by atoms with Crippen LogP contribution in [0.25, 0.3) is 11.2 Å². The van der Waals surface area contributed by atoms with E-state index in [1.54, 1.807) is 18.3 Å². The Hall–Kier alpha value is -1.73. The Balaban J connectivity index is 0.00000288. The van der Waals surface area contributed by atoms with Gasteiger partial charge in [-0.1, -0.05) is 38.5 Å². The molecule has 0 aliphatic carbocycles. The molecule has 8 heteroatoms. The number of halogens is 1. The zero-order chi connectivity index (χ0) is 16.3. The molecule has 0 spiro atoms. The monoisotopic (exact) mass is 354 g/mol. The third kappa shape index (κ3) is 6.80. The van der Waals surface area contributed by atoms with Crippen molar-refractivity contribution < 1.29 is 4.85 Å². The molecule has 2 rings (SSSR count). The minimum atomic E-state index is 0. The van der Waals surface area contributed by atoms with Crippen molar-refractivity contribution in [3.8, 4) is 0 Å². The summed E-state index contributed by atoms with van der Waals surface area (Å²) in [5.41, 5.74) is 6.27. The molecule has 3 N–H and O–H groups in total.